The Labute approximate surface area is 108 Å². The molecule has 0 aromatic carbocycles. The van der Waals surface area contributed by atoms with Crippen molar-refractivity contribution in [3.8, 4) is 5.69 Å². The minimum Gasteiger partial charge on any atom is -0.310 e. The molecule has 0 aliphatic carbocycles. The summed E-state index contributed by atoms with van der Waals surface area (Å²) in [6.45, 7) is 9.33. The summed E-state index contributed by atoms with van der Waals surface area (Å²) >= 11 is 0. The first-order chi connectivity index (χ1) is 8.59. The van der Waals surface area contributed by atoms with Crippen LogP contribution in [0.1, 0.15) is 30.8 Å². The molecule has 0 spiro atoms. The molecule has 0 saturated carbocycles. The Balaban J connectivity index is 2.32. The zero-order valence-corrected chi connectivity index (χ0v) is 11.4. The first-order valence-corrected chi connectivity index (χ1v) is 6.28. The second-order valence-electron chi connectivity index (χ2n) is 4.80. The van der Waals surface area contributed by atoms with E-state index in [0.29, 0.717) is 6.04 Å². The topological polar surface area (TPSA) is 42.7 Å². The number of rotatable bonds is 4. The Bertz CT molecular complexity index is 514. The Morgan fingerprint density at radius 1 is 1.22 bits per heavy atom. The van der Waals surface area contributed by atoms with Gasteiger partial charge < -0.3 is 5.32 Å². The van der Waals surface area contributed by atoms with Gasteiger partial charge in [0.15, 0.2) is 0 Å². The lowest BCUT2D eigenvalue weighted by Gasteiger charge is -2.08. The third-order valence-electron chi connectivity index (χ3n) is 3.04. The maximum atomic E-state index is 4.61. The highest BCUT2D eigenvalue weighted by Gasteiger charge is 2.12. The van der Waals surface area contributed by atoms with E-state index in [4.69, 9.17) is 0 Å². The lowest BCUT2D eigenvalue weighted by atomic mass is 10.2. The largest absolute Gasteiger partial charge is 0.310 e. The van der Waals surface area contributed by atoms with Crippen molar-refractivity contribution in [1.29, 1.82) is 0 Å². The lowest BCUT2D eigenvalue weighted by molar-refractivity contribution is 0.586. The van der Waals surface area contributed by atoms with E-state index in [1.54, 1.807) is 12.4 Å². The van der Waals surface area contributed by atoms with Crippen LogP contribution in [0.4, 0.5) is 0 Å². The van der Waals surface area contributed by atoms with Gasteiger partial charge in [0.05, 0.1) is 11.4 Å². The van der Waals surface area contributed by atoms with Crippen LogP contribution in [0.2, 0.25) is 0 Å². The Hall–Kier alpha value is -1.68. The van der Waals surface area contributed by atoms with E-state index in [1.807, 2.05) is 16.8 Å². The Morgan fingerprint density at radius 3 is 2.50 bits per heavy atom. The van der Waals surface area contributed by atoms with Gasteiger partial charge in [-0.1, -0.05) is 13.8 Å². The number of nitrogens with zero attached hydrogens (tertiary/aromatic N) is 3. The third-order valence-corrected chi connectivity index (χ3v) is 3.04. The SMILES string of the molecule is Cc1nn(-c2ccncc2)c(C)c1CNC(C)C. The van der Waals surface area contributed by atoms with Crippen molar-refractivity contribution >= 4 is 0 Å². The van der Waals surface area contributed by atoms with E-state index in [2.05, 4.69) is 43.1 Å². The average Bonchev–Trinajstić information content (AvgIpc) is 2.63. The number of nitrogens with one attached hydrogen (secondary N) is 1. The molecule has 0 aliphatic heterocycles. The Morgan fingerprint density at radius 2 is 1.89 bits per heavy atom. The highest BCUT2D eigenvalue weighted by Crippen LogP contribution is 2.17. The summed E-state index contributed by atoms with van der Waals surface area (Å²) in [5.41, 5.74) is 4.60. The van der Waals surface area contributed by atoms with E-state index in [-0.39, 0.29) is 0 Å². The molecule has 4 heteroatoms. The summed E-state index contributed by atoms with van der Waals surface area (Å²) in [4.78, 5) is 4.04. The van der Waals surface area contributed by atoms with Gasteiger partial charge in [0, 0.05) is 36.2 Å². The van der Waals surface area contributed by atoms with Gasteiger partial charge in [0.25, 0.3) is 0 Å². The average molecular weight is 244 g/mol. The molecule has 1 N–H and O–H groups in total. The van der Waals surface area contributed by atoms with Gasteiger partial charge in [0.1, 0.15) is 0 Å². The van der Waals surface area contributed by atoms with Gasteiger partial charge >= 0.3 is 0 Å². The van der Waals surface area contributed by atoms with Gasteiger partial charge in [-0.15, -0.1) is 0 Å². The summed E-state index contributed by atoms with van der Waals surface area (Å²) in [6.07, 6.45) is 3.58. The number of hydrogen-bond acceptors (Lipinski definition) is 3. The quantitative estimate of drug-likeness (QED) is 0.898. The van der Waals surface area contributed by atoms with Crippen LogP contribution in [-0.2, 0) is 6.54 Å². The molecule has 0 amide bonds. The van der Waals surface area contributed by atoms with Crippen LogP contribution < -0.4 is 5.32 Å². The van der Waals surface area contributed by atoms with Gasteiger partial charge in [-0.3, -0.25) is 4.98 Å². The molecule has 0 atom stereocenters. The molecule has 0 fully saturated rings. The molecule has 0 saturated heterocycles. The first-order valence-electron chi connectivity index (χ1n) is 6.28. The molecule has 18 heavy (non-hydrogen) atoms. The van der Waals surface area contributed by atoms with Crippen molar-refractivity contribution in [2.24, 2.45) is 0 Å². The molecule has 2 rings (SSSR count). The molecule has 2 aromatic rings. The zero-order chi connectivity index (χ0) is 13.1. The normalized spacial score (nSPS) is 11.2. The fourth-order valence-electron chi connectivity index (χ4n) is 1.97. The fraction of sp³-hybridized carbons (Fsp3) is 0.429. The third kappa shape index (κ3) is 2.59. The minimum atomic E-state index is 0.480. The zero-order valence-electron chi connectivity index (χ0n) is 11.4. The fourth-order valence-corrected chi connectivity index (χ4v) is 1.97. The molecule has 2 aromatic heterocycles. The molecule has 0 aliphatic rings. The van der Waals surface area contributed by atoms with Crippen molar-refractivity contribution in [1.82, 2.24) is 20.1 Å². The predicted octanol–water partition coefficient (Wildman–Crippen LogP) is 2.38. The number of aromatic nitrogens is 3. The molecular formula is C14H20N4. The molecule has 2 heterocycles. The molecule has 0 bridgehead atoms. The van der Waals surface area contributed by atoms with Crippen molar-refractivity contribution in [3.63, 3.8) is 0 Å². The number of aryl methyl sites for hydroxylation is 1. The van der Waals surface area contributed by atoms with Crippen LogP contribution in [0, 0.1) is 13.8 Å². The van der Waals surface area contributed by atoms with E-state index in [1.165, 1.54) is 11.3 Å². The summed E-state index contributed by atoms with van der Waals surface area (Å²) in [7, 11) is 0. The van der Waals surface area contributed by atoms with E-state index >= 15 is 0 Å². The highest BCUT2D eigenvalue weighted by atomic mass is 15.3. The van der Waals surface area contributed by atoms with Crippen LogP contribution in [-0.4, -0.2) is 20.8 Å². The monoisotopic (exact) mass is 244 g/mol. The molecule has 0 unspecified atom stereocenters. The van der Waals surface area contributed by atoms with Crippen LogP contribution >= 0.6 is 0 Å². The van der Waals surface area contributed by atoms with Crippen molar-refractivity contribution in [2.75, 3.05) is 0 Å². The molecule has 96 valence electrons. The number of pyridine rings is 1. The predicted molar refractivity (Wildman–Crippen MR) is 72.8 cm³/mol. The van der Waals surface area contributed by atoms with Gasteiger partial charge in [-0.2, -0.15) is 5.10 Å². The second-order valence-corrected chi connectivity index (χ2v) is 4.80. The van der Waals surface area contributed by atoms with E-state index < -0.39 is 0 Å². The summed E-state index contributed by atoms with van der Waals surface area (Å²) in [5.74, 6) is 0. The second kappa shape index (κ2) is 5.31. The van der Waals surface area contributed by atoms with E-state index in [0.717, 1.165) is 17.9 Å². The summed E-state index contributed by atoms with van der Waals surface area (Å²) in [5, 5.41) is 8.05. The summed E-state index contributed by atoms with van der Waals surface area (Å²) in [6, 6.07) is 4.42. The minimum absolute atomic E-state index is 0.480. The summed E-state index contributed by atoms with van der Waals surface area (Å²) < 4.78 is 1.98. The maximum absolute atomic E-state index is 4.61. The first kappa shape index (κ1) is 12.8. The van der Waals surface area contributed by atoms with Gasteiger partial charge in [0.2, 0.25) is 0 Å². The molecular weight excluding hydrogens is 224 g/mol. The smallest absolute Gasteiger partial charge is 0.0679 e. The Kier molecular flexibility index (Phi) is 3.77. The standard InChI is InChI=1S/C14H20N4/c1-10(2)16-9-14-11(3)17-18(12(14)4)13-5-7-15-8-6-13/h5-8,10,16H,9H2,1-4H3. The van der Waals surface area contributed by atoms with Gasteiger partial charge in [-0.25, -0.2) is 4.68 Å². The van der Waals surface area contributed by atoms with Crippen LogP contribution in [0.25, 0.3) is 5.69 Å². The highest BCUT2D eigenvalue weighted by molar-refractivity contribution is 5.35. The lowest BCUT2D eigenvalue weighted by Crippen LogP contribution is -2.22. The van der Waals surface area contributed by atoms with Crippen LogP contribution in [0.3, 0.4) is 0 Å². The van der Waals surface area contributed by atoms with Crippen molar-refractivity contribution in [2.45, 2.75) is 40.3 Å². The van der Waals surface area contributed by atoms with Crippen molar-refractivity contribution in [3.05, 3.63) is 41.5 Å². The van der Waals surface area contributed by atoms with Crippen LogP contribution in [0.15, 0.2) is 24.5 Å². The van der Waals surface area contributed by atoms with Crippen molar-refractivity contribution < 1.29 is 0 Å². The number of hydrogen-bond donors (Lipinski definition) is 1. The van der Waals surface area contributed by atoms with Gasteiger partial charge in [-0.05, 0) is 26.0 Å². The molecule has 0 radical (unpaired) electrons. The van der Waals surface area contributed by atoms with Crippen LogP contribution in [0.5, 0.6) is 0 Å². The van der Waals surface area contributed by atoms with E-state index in [9.17, 15) is 0 Å². The molecule has 4 nitrogen and oxygen atoms in total. The maximum Gasteiger partial charge on any atom is 0.0679 e.